The summed E-state index contributed by atoms with van der Waals surface area (Å²) in [4.78, 5) is 11.4. The van der Waals surface area contributed by atoms with Gasteiger partial charge in [-0.3, -0.25) is 4.79 Å². The molecule has 1 saturated carbocycles. The van der Waals surface area contributed by atoms with Crippen LogP contribution in [-0.4, -0.2) is 30.7 Å². The normalized spacial score (nSPS) is 22.4. The summed E-state index contributed by atoms with van der Waals surface area (Å²) in [7, 11) is 1.63. The maximum Gasteiger partial charge on any atom is 0.251 e. The number of carbonyl (C=O) groups excluding carboxylic acids is 1. The molecule has 1 aliphatic carbocycles. The van der Waals surface area contributed by atoms with Crippen molar-refractivity contribution in [3.63, 3.8) is 0 Å². The molecule has 0 aliphatic heterocycles. The first kappa shape index (κ1) is 14.0. The summed E-state index contributed by atoms with van der Waals surface area (Å²) in [5.41, 5.74) is 1.84. The van der Waals surface area contributed by atoms with Crippen molar-refractivity contribution in [2.24, 2.45) is 5.92 Å². The van der Waals surface area contributed by atoms with E-state index in [0.717, 1.165) is 24.9 Å². The molecule has 1 aromatic rings. The smallest absolute Gasteiger partial charge is 0.251 e. The highest BCUT2D eigenvalue weighted by molar-refractivity contribution is 5.93. The number of amides is 1. The number of aliphatic hydroxyl groups is 1. The lowest BCUT2D eigenvalue weighted by molar-refractivity contribution is 0.0963. The molecule has 0 heterocycles. The summed E-state index contributed by atoms with van der Waals surface area (Å²) in [5, 5.41) is 15.4. The van der Waals surface area contributed by atoms with Crippen molar-refractivity contribution in [2.45, 2.75) is 31.8 Å². The Labute approximate surface area is 114 Å². The maximum absolute atomic E-state index is 11.4. The summed E-state index contributed by atoms with van der Waals surface area (Å²) in [6, 6.07) is 8.05. The van der Waals surface area contributed by atoms with Gasteiger partial charge in [-0.25, -0.2) is 0 Å². The highest BCUT2D eigenvalue weighted by Crippen LogP contribution is 2.25. The molecule has 4 nitrogen and oxygen atoms in total. The predicted octanol–water partition coefficient (Wildman–Crippen LogP) is 1.30. The van der Waals surface area contributed by atoms with E-state index < -0.39 is 0 Å². The number of hydrogen-bond acceptors (Lipinski definition) is 3. The largest absolute Gasteiger partial charge is 0.396 e. The van der Waals surface area contributed by atoms with Crippen LogP contribution in [0.1, 0.15) is 35.2 Å². The molecule has 0 spiro atoms. The molecule has 2 atom stereocenters. The lowest BCUT2D eigenvalue weighted by atomic mass is 10.0. The van der Waals surface area contributed by atoms with Gasteiger partial charge in [-0.15, -0.1) is 0 Å². The quantitative estimate of drug-likeness (QED) is 0.749. The molecular formula is C15H22N2O2. The van der Waals surface area contributed by atoms with Crippen molar-refractivity contribution in [2.75, 3.05) is 13.7 Å². The molecule has 1 aromatic carbocycles. The Kier molecular flexibility index (Phi) is 4.93. The van der Waals surface area contributed by atoms with Crippen LogP contribution in [0, 0.1) is 5.92 Å². The van der Waals surface area contributed by atoms with Crippen LogP contribution < -0.4 is 10.6 Å². The number of nitrogens with one attached hydrogen (secondary N) is 2. The molecule has 3 N–H and O–H groups in total. The molecular weight excluding hydrogens is 240 g/mol. The second kappa shape index (κ2) is 6.68. The average Bonchev–Trinajstić information content (AvgIpc) is 2.92. The molecule has 0 saturated heterocycles. The van der Waals surface area contributed by atoms with Gasteiger partial charge >= 0.3 is 0 Å². The van der Waals surface area contributed by atoms with Crippen molar-refractivity contribution < 1.29 is 9.90 Å². The van der Waals surface area contributed by atoms with E-state index in [1.54, 1.807) is 7.05 Å². The molecule has 19 heavy (non-hydrogen) atoms. The molecule has 4 heteroatoms. The fourth-order valence-corrected chi connectivity index (χ4v) is 2.69. The van der Waals surface area contributed by atoms with Crippen LogP contribution in [-0.2, 0) is 6.54 Å². The Morgan fingerprint density at radius 2 is 2.05 bits per heavy atom. The van der Waals surface area contributed by atoms with Crippen molar-refractivity contribution in [3.8, 4) is 0 Å². The first-order chi connectivity index (χ1) is 9.24. The monoisotopic (exact) mass is 262 g/mol. The van der Waals surface area contributed by atoms with Gasteiger partial charge in [0, 0.05) is 31.8 Å². The van der Waals surface area contributed by atoms with Crippen molar-refractivity contribution >= 4 is 5.91 Å². The Hall–Kier alpha value is -1.39. The molecule has 0 aromatic heterocycles. The Balaban J connectivity index is 1.88. The second-order valence-corrected chi connectivity index (χ2v) is 5.14. The molecule has 1 aliphatic rings. The highest BCUT2D eigenvalue weighted by Gasteiger charge is 2.25. The van der Waals surface area contributed by atoms with Crippen LogP contribution in [0.2, 0.25) is 0 Å². The molecule has 1 fully saturated rings. The zero-order valence-corrected chi connectivity index (χ0v) is 11.4. The molecule has 104 valence electrons. The number of aliphatic hydroxyl groups excluding tert-OH is 1. The first-order valence-corrected chi connectivity index (χ1v) is 6.90. The standard InChI is InChI=1S/C15H22N2O2/c1-16-15(19)12-7-5-11(6-8-12)9-17-14-4-2-3-13(14)10-18/h5-8,13-14,17-18H,2-4,9-10H2,1H3,(H,16,19). The van der Waals surface area contributed by atoms with Gasteiger partial charge in [0.05, 0.1) is 0 Å². The van der Waals surface area contributed by atoms with Gasteiger partial charge in [0.2, 0.25) is 0 Å². The molecule has 2 unspecified atom stereocenters. The highest BCUT2D eigenvalue weighted by atomic mass is 16.3. The number of rotatable bonds is 5. The van der Waals surface area contributed by atoms with Gasteiger partial charge in [0.25, 0.3) is 5.91 Å². The predicted molar refractivity (Wildman–Crippen MR) is 74.9 cm³/mol. The van der Waals surface area contributed by atoms with Gasteiger partial charge in [0.15, 0.2) is 0 Å². The van der Waals surface area contributed by atoms with E-state index in [-0.39, 0.29) is 12.5 Å². The third kappa shape index (κ3) is 3.55. The van der Waals surface area contributed by atoms with E-state index in [4.69, 9.17) is 0 Å². The van der Waals surface area contributed by atoms with Crippen LogP contribution in [0.4, 0.5) is 0 Å². The molecule has 2 rings (SSSR count). The maximum atomic E-state index is 11.4. The number of hydrogen-bond donors (Lipinski definition) is 3. The van der Waals surface area contributed by atoms with Crippen LogP contribution in [0.5, 0.6) is 0 Å². The molecule has 0 radical (unpaired) electrons. The minimum atomic E-state index is -0.0596. The summed E-state index contributed by atoms with van der Waals surface area (Å²) in [6.45, 7) is 1.06. The summed E-state index contributed by atoms with van der Waals surface area (Å²) >= 11 is 0. The lowest BCUT2D eigenvalue weighted by Crippen LogP contribution is -2.33. The summed E-state index contributed by atoms with van der Waals surface area (Å²) < 4.78 is 0. The first-order valence-electron chi connectivity index (χ1n) is 6.90. The van der Waals surface area contributed by atoms with Gasteiger partial charge < -0.3 is 15.7 Å². The van der Waals surface area contributed by atoms with Crippen LogP contribution in [0.25, 0.3) is 0 Å². The Bertz CT molecular complexity index is 417. The Morgan fingerprint density at radius 3 is 2.68 bits per heavy atom. The molecule has 0 bridgehead atoms. The zero-order valence-electron chi connectivity index (χ0n) is 11.4. The topological polar surface area (TPSA) is 61.4 Å². The lowest BCUT2D eigenvalue weighted by Gasteiger charge is -2.19. The second-order valence-electron chi connectivity index (χ2n) is 5.14. The van der Waals surface area contributed by atoms with Gasteiger partial charge in [-0.1, -0.05) is 18.6 Å². The van der Waals surface area contributed by atoms with E-state index in [2.05, 4.69) is 10.6 Å². The van der Waals surface area contributed by atoms with Crippen molar-refractivity contribution in [1.82, 2.24) is 10.6 Å². The average molecular weight is 262 g/mol. The fourth-order valence-electron chi connectivity index (χ4n) is 2.69. The number of carbonyl (C=O) groups is 1. The van der Waals surface area contributed by atoms with Crippen LogP contribution in [0.15, 0.2) is 24.3 Å². The summed E-state index contributed by atoms with van der Waals surface area (Å²) in [6.07, 6.45) is 3.45. The van der Waals surface area contributed by atoms with Gasteiger partial charge in [-0.05, 0) is 36.5 Å². The van der Waals surface area contributed by atoms with Crippen LogP contribution in [0.3, 0.4) is 0 Å². The third-order valence-corrected chi connectivity index (χ3v) is 3.91. The Morgan fingerprint density at radius 1 is 1.32 bits per heavy atom. The minimum Gasteiger partial charge on any atom is -0.396 e. The minimum absolute atomic E-state index is 0.0596. The van der Waals surface area contributed by atoms with E-state index in [1.165, 1.54) is 6.42 Å². The molecule has 1 amide bonds. The van der Waals surface area contributed by atoms with E-state index in [1.807, 2.05) is 24.3 Å². The van der Waals surface area contributed by atoms with E-state index >= 15 is 0 Å². The fraction of sp³-hybridized carbons (Fsp3) is 0.533. The van der Waals surface area contributed by atoms with E-state index in [9.17, 15) is 9.90 Å². The summed E-state index contributed by atoms with van der Waals surface area (Å²) in [5.74, 6) is 0.334. The third-order valence-electron chi connectivity index (χ3n) is 3.91. The van der Waals surface area contributed by atoms with Crippen molar-refractivity contribution in [1.29, 1.82) is 0 Å². The zero-order chi connectivity index (χ0) is 13.7. The number of benzene rings is 1. The van der Waals surface area contributed by atoms with Crippen molar-refractivity contribution in [3.05, 3.63) is 35.4 Å². The van der Waals surface area contributed by atoms with Gasteiger partial charge in [0.1, 0.15) is 0 Å². The van der Waals surface area contributed by atoms with Gasteiger partial charge in [-0.2, -0.15) is 0 Å². The SMILES string of the molecule is CNC(=O)c1ccc(CNC2CCCC2CO)cc1. The van der Waals surface area contributed by atoms with Crippen LogP contribution >= 0.6 is 0 Å². The van der Waals surface area contributed by atoms with E-state index in [0.29, 0.717) is 17.5 Å².